The average Bonchev–Trinajstić information content (AvgIpc) is 3.03. The van der Waals surface area contributed by atoms with Crippen molar-refractivity contribution in [2.75, 3.05) is 6.61 Å². The molecule has 0 fully saturated rings. The number of aromatic nitrogens is 2. The van der Waals surface area contributed by atoms with Gasteiger partial charge in [0, 0.05) is 5.56 Å². The topological polar surface area (TPSA) is 74.2 Å². The van der Waals surface area contributed by atoms with E-state index in [0.29, 0.717) is 18.3 Å². The van der Waals surface area contributed by atoms with Crippen LogP contribution in [0, 0.1) is 0 Å². The van der Waals surface area contributed by atoms with Crippen LogP contribution in [0.2, 0.25) is 0 Å². The molecule has 0 bridgehead atoms. The Bertz CT molecular complexity index is 553. The van der Waals surface area contributed by atoms with Gasteiger partial charge in [0.1, 0.15) is 18.3 Å². The van der Waals surface area contributed by atoms with Crippen LogP contribution in [0.25, 0.3) is 0 Å². The summed E-state index contributed by atoms with van der Waals surface area (Å²) in [7, 11) is 0. The third-order valence-electron chi connectivity index (χ3n) is 3.23. The monoisotopic (exact) mass is 245 g/mol. The molecule has 2 aromatic rings. The van der Waals surface area contributed by atoms with Crippen LogP contribution in [-0.4, -0.2) is 16.7 Å². The van der Waals surface area contributed by atoms with Gasteiger partial charge in [0.15, 0.2) is 5.82 Å². The van der Waals surface area contributed by atoms with E-state index in [1.807, 2.05) is 31.2 Å². The summed E-state index contributed by atoms with van der Waals surface area (Å²) in [5, 5.41) is 3.94. The summed E-state index contributed by atoms with van der Waals surface area (Å²) in [5.41, 5.74) is 6.98. The van der Waals surface area contributed by atoms with Gasteiger partial charge < -0.3 is 15.0 Å². The zero-order valence-electron chi connectivity index (χ0n) is 10.2. The lowest BCUT2D eigenvalue weighted by Crippen LogP contribution is -2.11. The Morgan fingerprint density at radius 2 is 2.28 bits per heavy atom. The van der Waals surface area contributed by atoms with Gasteiger partial charge in [-0.25, -0.2) is 0 Å². The highest BCUT2D eigenvalue weighted by Crippen LogP contribution is 2.37. The number of hydrogen-bond acceptors (Lipinski definition) is 5. The lowest BCUT2D eigenvalue weighted by molar-refractivity contribution is 0.303. The molecule has 0 radical (unpaired) electrons. The van der Waals surface area contributed by atoms with E-state index >= 15 is 0 Å². The van der Waals surface area contributed by atoms with Crippen LogP contribution in [0.4, 0.5) is 0 Å². The number of hydrogen-bond donors (Lipinski definition) is 1. The summed E-state index contributed by atoms with van der Waals surface area (Å²) in [4.78, 5) is 4.38. The second kappa shape index (κ2) is 4.42. The van der Waals surface area contributed by atoms with E-state index in [1.165, 1.54) is 0 Å². The number of rotatable bonds is 3. The third-order valence-corrected chi connectivity index (χ3v) is 3.23. The number of nitrogens with two attached hydrogens (primary N) is 1. The van der Waals surface area contributed by atoms with Crippen molar-refractivity contribution >= 4 is 0 Å². The van der Waals surface area contributed by atoms with Crippen LogP contribution in [0.3, 0.4) is 0 Å². The van der Waals surface area contributed by atoms with E-state index in [-0.39, 0.29) is 12.0 Å². The van der Waals surface area contributed by atoms with E-state index < -0.39 is 0 Å². The van der Waals surface area contributed by atoms with Crippen LogP contribution >= 0.6 is 0 Å². The number of para-hydroxylation sites is 1. The predicted octanol–water partition coefficient (Wildman–Crippen LogP) is 2.00. The summed E-state index contributed by atoms with van der Waals surface area (Å²) in [5.74, 6) is 2.06. The van der Waals surface area contributed by atoms with E-state index in [2.05, 4.69) is 10.1 Å². The fourth-order valence-corrected chi connectivity index (χ4v) is 2.09. The number of ether oxygens (including phenoxy) is 1. The summed E-state index contributed by atoms with van der Waals surface area (Å²) >= 11 is 0. The minimum absolute atomic E-state index is 0.0199. The quantitative estimate of drug-likeness (QED) is 0.895. The molecule has 0 saturated carbocycles. The molecule has 1 aromatic heterocycles. The minimum Gasteiger partial charge on any atom is -0.492 e. The molecule has 5 heteroatoms. The Balaban J connectivity index is 1.91. The molecule has 3 rings (SSSR count). The molecule has 0 aliphatic carbocycles. The predicted molar refractivity (Wildman–Crippen MR) is 65.3 cm³/mol. The second-order valence-electron chi connectivity index (χ2n) is 4.41. The molecule has 5 nitrogen and oxygen atoms in total. The van der Waals surface area contributed by atoms with Gasteiger partial charge in [-0.2, -0.15) is 4.98 Å². The lowest BCUT2D eigenvalue weighted by atomic mass is 10.0. The molecule has 2 atom stereocenters. The van der Waals surface area contributed by atoms with E-state index in [1.54, 1.807) is 0 Å². The molecule has 94 valence electrons. The van der Waals surface area contributed by atoms with E-state index in [0.717, 1.165) is 17.7 Å². The fraction of sp³-hybridized carbons (Fsp3) is 0.385. The molecule has 0 saturated heterocycles. The van der Waals surface area contributed by atoms with Crippen molar-refractivity contribution in [3.63, 3.8) is 0 Å². The van der Waals surface area contributed by atoms with Crippen molar-refractivity contribution in [1.82, 2.24) is 10.1 Å². The molecule has 1 aliphatic heterocycles. The molecule has 0 amide bonds. The molecular weight excluding hydrogens is 230 g/mol. The molecule has 2 heterocycles. The maximum Gasteiger partial charge on any atom is 0.237 e. The minimum atomic E-state index is -0.167. The summed E-state index contributed by atoms with van der Waals surface area (Å²) < 4.78 is 10.9. The summed E-state index contributed by atoms with van der Waals surface area (Å²) in [6, 6.07) is 7.74. The van der Waals surface area contributed by atoms with Gasteiger partial charge in [-0.05, 0) is 12.5 Å². The highest BCUT2D eigenvalue weighted by atomic mass is 16.5. The number of benzene rings is 1. The number of fused-ring (bicyclic) bond motifs is 1. The van der Waals surface area contributed by atoms with Crippen LogP contribution in [0.1, 0.15) is 42.6 Å². The molecule has 2 N–H and O–H groups in total. The third kappa shape index (κ3) is 1.76. The van der Waals surface area contributed by atoms with Gasteiger partial charge in [-0.15, -0.1) is 0 Å². The largest absolute Gasteiger partial charge is 0.492 e. The van der Waals surface area contributed by atoms with Crippen LogP contribution in [0.5, 0.6) is 5.75 Å². The lowest BCUT2D eigenvalue weighted by Gasteiger charge is -2.02. The highest BCUT2D eigenvalue weighted by Gasteiger charge is 2.30. The molecule has 1 aromatic carbocycles. The molecule has 0 spiro atoms. The van der Waals surface area contributed by atoms with Crippen molar-refractivity contribution < 1.29 is 9.26 Å². The first-order valence-electron chi connectivity index (χ1n) is 6.10. The first-order valence-corrected chi connectivity index (χ1v) is 6.10. The zero-order chi connectivity index (χ0) is 12.5. The summed E-state index contributed by atoms with van der Waals surface area (Å²) in [6.07, 6.45) is 0.788. The maximum atomic E-state index is 5.88. The van der Waals surface area contributed by atoms with Gasteiger partial charge in [0.05, 0.1) is 6.04 Å². The van der Waals surface area contributed by atoms with Gasteiger partial charge in [0.2, 0.25) is 5.89 Å². The Hall–Kier alpha value is -1.88. The molecule has 1 aliphatic rings. The van der Waals surface area contributed by atoms with Gasteiger partial charge in [0.25, 0.3) is 0 Å². The molecular formula is C13H15N3O2. The van der Waals surface area contributed by atoms with Crippen molar-refractivity contribution in [2.24, 2.45) is 5.73 Å². The number of nitrogens with zero attached hydrogens (tertiary/aromatic N) is 2. The van der Waals surface area contributed by atoms with Crippen molar-refractivity contribution in [1.29, 1.82) is 0 Å². The Morgan fingerprint density at radius 1 is 1.44 bits per heavy atom. The van der Waals surface area contributed by atoms with Crippen LogP contribution in [-0.2, 0) is 0 Å². The van der Waals surface area contributed by atoms with Gasteiger partial charge in [-0.3, -0.25) is 0 Å². The van der Waals surface area contributed by atoms with E-state index in [9.17, 15) is 0 Å². The van der Waals surface area contributed by atoms with Gasteiger partial charge >= 0.3 is 0 Å². The first-order chi connectivity index (χ1) is 8.79. The second-order valence-corrected chi connectivity index (χ2v) is 4.41. The van der Waals surface area contributed by atoms with Crippen molar-refractivity contribution in [2.45, 2.75) is 25.3 Å². The standard InChI is InChI=1S/C13H15N3O2/c1-2-10(14)12-15-13(18-16-12)9-7-17-11-6-4-3-5-8(9)11/h3-6,9-10H,2,7,14H2,1H3. The van der Waals surface area contributed by atoms with Crippen molar-refractivity contribution in [3.8, 4) is 5.75 Å². The van der Waals surface area contributed by atoms with Crippen molar-refractivity contribution in [3.05, 3.63) is 41.5 Å². The molecule has 18 heavy (non-hydrogen) atoms. The van der Waals surface area contributed by atoms with Gasteiger partial charge in [-0.1, -0.05) is 30.3 Å². The smallest absolute Gasteiger partial charge is 0.237 e. The Morgan fingerprint density at radius 3 is 3.11 bits per heavy atom. The first kappa shape index (κ1) is 11.2. The maximum absolute atomic E-state index is 5.88. The zero-order valence-corrected chi connectivity index (χ0v) is 10.2. The summed E-state index contributed by atoms with van der Waals surface area (Å²) in [6.45, 7) is 2.54. The van der Waals surface area contributed by atoms with Crippen LogP contribution in [0.15, 0.2) is 28.8 Å². The van der Waals surface area contributed by atoms with Crippen LogP contribution < -0.4 is 10.5 Å². The fourth-order valence-electron chi connectivity index (χ4n) is 2.09. The normalized spacial score (nSPS) is 19.3. The van der Waals surface area contributed by atoms with E-state index in [4.69, 9.17) is 15.0 Å². The highest BCUT2D eigenvalue weighted by molar-refractivity contribution is 5.42. The SMILES string of the molecule is CCC(N)c1noc(C2COc3ccccc32)n1. The Labute approximate surface area is 105 Å². The molecule has 2 unspecified atom stereocenters. The Kier molecular flexibility index (Phi) is 2.76. The average molecular weight is 245 g/mol.